The van der Waals surface area contributed by atoms with E-state index in [0.29, 0.717) is 51.1 Å². The van der Waals surface area contributed by atoms with Crippen LogP contribution in [-0.4, -0.2) is 63.2 Å². The van der Waals surface area contributed by atoms with Gasteiger partial charge in [-0.15, -0.1) is 0 Å². The molecule has 1 amide bonds. The number of carbonyl (C=O) groups excluding carboxylic acids is 1. The highest BCUT2D eigenvalue weighted by Crippen LogP contribution is 2.74. The summed E-state index contributed by atoms with van der Waals surface area (Å²) >= 11 is 6.42. The first-order valence-electron chi connectivity index (χ1n) is 16.2. The molecule has 2 aromatic carbocycles. The fraction of sp³-hybridized carbons (Fsp3) is 0.618. The number of hydrogen-bond donors (Lipinski definition) is 2. The van der Waals surface area contributed by atoms with Crippen LogP contribution in [0.25, 0.3) is 0 Å². The summed E-state index contributed by atoms with van der Waals surface area (Å²) < 4.78 is 41.8. The summed E-state index contributed by atoms with van der Waals surface area (Å²) in [6.07, 6.45) is 7.27. The predicted octanol–water partition coefficient (Wildman–Crippen LogP) is 5.38. The number of methoxy groups -OCH3 is 1. The number of sulfonamides is 1. The van der Waals surface area contributed by atoms with E-state index in [9.17, 15) is 18.3 Å². The maximum absolute atomic E-state index is 13.4. The molecule has 0 radical (unpaired) electrons. The topological polar surface area (TPSA) is 105 Å². The second-order valence-corrected chi connectivity index (χ2v) is 16.2. The number of benzene rings is 2. The van der Waals surface area contributed by atoms with Crippen LogP contribution in [0.2, 0.25) is 5.02 Å². The van der Waals surface area contributed by atoms with Gasteiger partial charge in [0.2, 0.25) is 10.0 Å². The van der Waals surface area contributed by atoms with Gasteiger partial charge in [-0.2, -0.15) is 0 Å². The lowest BCUT2D eigenvalue weighted by molar-refractivity contribution is -0.0238. The molecule has 2 aliphatic heterocycles. The lowest BCUT2D eigenvalue weighted by Gasteiger charge is -2.46. The largest absolute Gasteiger partial charge is 0.490 e. The molecule has 0 saturated heterocycles. The van der Waals surface area contributed by atoms with Crippen molar-refractivity contribution < 1.29 is 27.8 Å². The predicted molar refractivity (Wildman–Crippen MR) is 170 cm³/mol. The molecule has 2 saturated carbocycles. The number of anilines is 1. The van der Waals surface area contributed by atoms with Gasteiger partial charge in [-0.05, 0) is 98.7 Å². The zero-order chi connectivity index (χ0) is 30.9. The van der Waals surface area contributed by atoms with E-state index in [1.807, 2.05) is 13.0 Å². The van der Waals surface area contributed by atoms with Crippen molar-refractivity contribution in [2.24, 2.45) is 11.3 Å². The van der Waals surface area contributed by atoms with E-state index in [1.54, 1.807) is 25.3 Å². The van der Waals surface area contributed by atoms with E-state index in [2.05, 4.69) is 21.8 Å². The molecule has 7 rings (SSSR count). The molecule has 0 aromatic heterocycles. The molecule has 5 aliphatic rings. The summed E-state index contributed by atoms with van der Waals surface area (Å²) in [5.74, 6) is 0.270. The van der Waals surface area contributed by atoms with E-state index in [1.165, 1.54) is 11.1 Å². The number of rotatable bonds is 2. The normalized spacial score (nSPS) is 36.0. The number of nitrogens with zero attached hydrogens (tertiary/aromatic N) is 1. The molecule has 2 bridgehead atoms. The molecular weight excluding hydrogens is 600 g/mol. The highest BCUT2D eigenvalue weighted by atomic mass is 35.5. The third-order valence-electron chi connectivity index (χ3n) is 11.8. The SMILES string of the molecule is CC[C@@H]1CCCC[C@]2(OC)[C@@H](O)[C@]23CC[C@H]3CN2C[C@@]3(CCCc4cc(Cl)ccc43)COc3ccc(cc32)C(=O)NS1(=O)=O. The van der Waals surface area contributed by atoms with Crippen LogP contribution in [0.4, 0.5) is 5.69 Å². The fourth-order valence-corrected chi connectivity index (χ4v) is 11.0. The number of aliphatic hydroxyl groups is 1. The average Bonchev–Trinajstić information content (AvgIpc) is 3.60. The minimum atomic E-state index is -3.88. The molecule has 44 heavy (non-hydrogen) atoms. The Morgan fingerprint density at radius 1 is 1.11 bits per heavy atom. The van der Waals surface area contributed by atoms with Gasteiger partial charge in [-0.3, -0.25) is 4.79 Å². The summed E-state index contributed by atoms with van der Waals surface area (Å²) in [4.78, 5) is 15.8. The van der Waals surface area contributed by atoms with Gasteiger partial charge in [0.15, 0.2) is 0 Å². The number of carbonyl (C=O) groups is 1. The van der Waals surface area contributed by atoms with Crippen LogP contribution in [0.1, 0.15) is 86.2 Å². The fourth-order valence-electron chi connectivity index (χ4n) is 9.31. The number of nitrogens with one attached hydrogen (secondary N) is 1. The van der Waals surface area contributed by atoms with E-state index < -0.39 is 32.9 Å². The van der Waals surface area contributed by atoms with Crippen molar-refractivity contribution in [1.29, 1.82) is 0 Å². The molecule has 3 aliphatic carbocycles. The zero-order valence-corrected chi connectivity index (χ0v) is 27.2. The van der Waals surface area contributed by atoms with Crippen molar-refractivity contribution in [2.75, 3.05) is 31.7 Å². The standard InChI is InChI=1S/C34H43ClN2O6S/c1-3-26-8-4-5-15-34(42-2)31(39)33(34)16-13-24(33)19-37-20-32(14-6-7-22-17-25(35)10-11-27(22)32)21-43-29-12-9-23(18-28(29)37)30(38)36-44(26,40)41/h9-12,17-18,24,26,31,39H,3-8,13-16,19-21H2,1-2H3,(H,36,38)/t24-,26+,31-,32-,33+,34-/m0/s1. The minimum absolute atomic E-state index is 0.211. The monoisotopic (exact) mass is 642 g/mol. The van der Waals surface area contributed by atoms with Crippen molar-refractivity contribution in [3.05, 3.63) is 58.1 Å². The van der Waals surface area contributed by atoms with Crippen molar-refractivity contribution in [3.8, 4) is 5.75 Å². The van der Waals surface area contributed by atoms with Crippen molar-refractivity contribution in [2.45, 2.75) is 93.5 Å². The first-order chi connectivity index (χ1) is 21.1. The van der Waals surface area contributed by atoms with Crippen LogP contribution in [-0.2, 0) is 26.6 Å². The second kappa shape index (κ2) is 10.9. The van der Waals surface area contributed by atoms with Crippen molar-refractivity contribution in [1.82, 2.24) is 4.72 Å². The van der Waals surface area contributed by atoms with Crippen LogP contribution < -0.4 is 14.4 Å². The van der Waals surface area contributed by atoms with Crippen LogP contribution in [0.3, 0.4) is 0 Å². The van der Waals surface area contributed by atoms with Gasteiger partial charge in [0.05, 0.1) is 23.6 Å². The smallest absolute Gasteiger partial charge is 0.264 e. The number of hydrogen-bond acceptors (Lipinski definition) is 7. The number of halogens is 1. The Kier molecular flexibility index (Phi) is 7.51. The Morgan fingerprint density at radius 2 is 1.95 bits per heavy atom. The van der Waals surface area contributed by atoms with E-state index in [-0.39, 0.29) is 22.3 Å². The summed E-state index contributed by atoms with van der Waals surface area (Å²) in [5.41, 5.74) is 2.37. The third kappa shape index (κ3) is 4.51. The summed E-state index contributed by atoms with van der Waals surface area (Å²) in [6.45, 7) is 3.69. The molecule has 0 unspecified atom stereocenters. The number of fused-ring (bicyclic) bond motifs is 3. The average molecular weight is 643 g/mol. The first-order valence-corrected chi connectivity index (χ1v) is 18.1. The van der Waals surface area contributed by atoms with Crippen molar-refractivity contribution in [3.63, 3.8) is 0 Å². The minimum Gasteiger partial charge on any atom is -0.490 e. The summed E-state index contributed by atoms with van der Waals surface area (Å²) in [6, 6.07) is 11.4. The Morgan fingerprint density at radius 3 is 2.70 bits per heavy atom. The Labute approximate surface area is 265 Å². The van der Waals surface area contributed by atoms with E-state index >= 15 is 0 Å². The highest BCUT2D eigenvalue weighted by Gasteiger charge is 2.82. The number of ether oxygens (including phenoxy) is 2. The Balaban J connectivity index is 1.32. The first kappa shape index (κ1) is 30.3. The Hall–Kier alpha value is -2.33. The number of aryl methyl sites for hydroxylation is 1. The molecule has 8 nitrogen and oxygen atoms in total. The lowest BCUT2D eigenvalue weighted by atomic mass is 9.66. The second-order valence-electron chi connectivity index (χ2n) is 13.8. The van der Waals surface area contributed by atoms with Gasteiger partial charge in [0.25, 0.3) is 5.91 Å². The highest BCUT2D eigenvalue weighted by molar-refractivity contribution is 7.90. The zero-order valence-electron chi connectivity index (χ0n) is 25.6. The van der Waals surface area contributed by atoms with Crippen molar-refractivity contribution >= 4 is 33.2 Å². The van der Waals surface area contributed by atoms with Crippen LogP contribution >= 0.6 is 11.6 Å². The molecule has 2 heterocycles. The maximum Gasteiger partial charge on any atom is 0.264 e. The molecule has 6 atom stereocenters. The number of aliphatic hydroxyl groups excluding tert-OH is 1. The van der Waals surface area contributed by atoms with Crippen LogP contribution in [0.15, 0.2) is 36.4 Å². The molecular formula is C34H43ClN2O6S. The van der Waals surface area contributed by atoms with Gasteiger partial charge in [0.1, 0.15) is 11.4 Å². The van der Waals surface area contributed by atoms with Crippen LogP contribution in [0.5, 0.6) is 5.75 Å². The lowest BCUT2D eigenvalue weighted by Crippen LogP contribution is -2.50. The molecule has 10 heteroatoms. The third-order valence-corrected chi connectivity index (χ3v) is 14.0. The number of amides is 1. The van der Waals surface area contributed by atoms with E-state index in [0.717, 1.165) is 49.2 Å². The van der Waals surface area contributed by atoms with Gasteiger partial charge in [-0.25, -0.2) is 13.1 Å². The van der Waals surface area contributed by atoms with Gasteiger partial charge >= 0.3 is 0 Å². The van der Waals surface area contributed by atoms with Crippen LogP contribution in [0, 0.1) is 11.3 Å². The molecule has 2 N–H and O–H groups in total. The molecule has 2 spiro atoms. The molecule has 2 fully saturated rings. The van der Waals surface area contributed by atoms with Gasteiger partial charge < -0.3 is 19.5 Å². The van der Waals surface area contributed by atoms with Gasteiger partial charge in [0, 0.05) is 41.6 Å². The Bertz CT molecular complexity index is 1580. The summed E-state index contributed by atoms with van der Waals surface area (Å²) in [7, 11) is -2.17. The maximum atomic E-state index is 13.4. The quantitative estimate of drug-likeness (QED) is 0.453. The van der Waals surface area contributed by atoms with Gasteiger partial charge in [-0.1, -0.05) is 37.4 Å². The molecule has 2 aromatic rings. The molecule has 238 valence electrons. The summed E-state index contributed by atoms with van der Waals surface area (Å²) in [5, 5.41) is 11.6. The van der Waals surface area contributed by atoms with E-state index in [4.69, 9.17) is 21.1 Å².